The topological polar surface area (TPSA) is 76.6 Å². The van der Waals surface area contributed by atoms with Gasteiger partial charge in [0.1, 0.15) is 5.76 Å². The fraction of sp³-hybridized carbons (Fsp3) is 0.133. The molecular formula is C15H12N2O4. The number of anilines is 1. The van der Waals surface area contributed by atoms with Gasteiger partial charge in [-0.15, -0.1) is 0 Å². The number of fused-ring (bicyclic) bond motifs is 1. The van der Waals surface area contributed by atoms with Crippen LogP contribution in [0, 0.1) is 10.1 Å². The van der Waals surface area contributed by atoms with Crippen LogP contribution in [-0.4, -0.2) is 17.4 Å². The average molecular weight is 284 g/mol. The standard InChI is InChI=1S/C15H12N2O4/c18-15(6-5-13-2-1-9-21-13)16-8-7-11-3-4-12(17(19)20)10-14(11)16/h1-6,9-10H,7-8H2/b6-5+. The van der Waals surface area contributed by atoms with Crippen LogP contribution in [0.4, 0.5) is 11.4 Å². The molecule has 2 aromatic rings. The highest BCUT2D eigenvalue weighted by molar-refractivity contribution is 6.05. The van der Waals surface area contributed by atoms with Gasteiger partial charge in [0, 0.05) is 24.8 Å². The Morgan fingerprint density at radius 1 is 1.38 bits per heavy atom. The van der Waals surface area contributed by atoms with Crippen molar-refractivity contribution in [3.8, 4) is 0 Å². The van der Waals surface area contributed by atoms with Crippen molar-refractivity contribution >= 4 is 23.4 Å². The molecule has 1 amide bonds. The molecule has 0 radical (unpaired) electrons. The lowest BCUT2D eigenvalue weighted by Crippen LogP contribution is -2.26. The molecular weight excluding hydrogens is 272 g/mol. The van der Waals surface area contributed by atoms with Crippen LogP contribution in [0.2, 0.25) is 0 Å². The molecule has 0 saturated carbocycles. The van der Waals surface area contributed by atoms with Gasteiger partial charge in [-0.2, -0.15) is 0 Å². The second-order valence-electron chi connectivity index (χ2n) is 4.66. The number of hydrogen-bond acceptors (Lipinski definition) is 4. The summed E-state index contributed by atoms with van der Waals surface area (Å²) in [5.74, 6) is 0.368. The first-order valence-electron chi connectivity index (χ1n) is 6.45. The van der Waals surface area contributed by atoms with Crippen LogP contribution in [-0.2, 0) is 11.2 Å². The van der Waals surface area contributed by atoms with E-state index >= 15 is 0 Å². The molecule has 0 N–H and O–H groups in total. The molecule has 0 aliphatic carbocycles. The van der Waals surface area contributed by atoms with Crippen LogP contribution in [0.15, 0.2) is 47.1 Å². The number of non-ortho nitro benzene ring substituents is 1. The van der Waals surface area contributed by atoms with E-state index in [2.05, 4.69) is 0 Å². The minimum Gasteiger partial charge on any atom is -0.465 e. The summed E-state index contributed by atoms with van der Waals surface area (Å²) in [5, 5.41) is 10.8. The Hall–Kier alpha value is -2.89. The fourth-order valence-corrected chi connectivity index (χ4v) is 2.34. The number of rotatable bonds is 3. The monoisotopic (exact) mass is 284 g/mol. The summed E-state index contributed by atoms with van der Waals surface area (Å²) in [4.78, 5) is 24.1. The largest absolute Gasteiger partial charge is 0.465 e. The molecule has 1 aromatic heterocycles. The predicted molar refractivity (Wildman–Crippen MR) is 76.9 cm³/mol. The van der Waals surface area contributed by atoms with Crippen molar-refractivity contribution in [1.82, 2.24) is 0 Å². The first-order valence-corrected chi connectivity index (χ1v) is 6.45. The number of furan rings is 1. The van der Waals surface area contributed by atoms with Crippen LogP contribution >= 0.6 is 0 Å². The summed E-state index contributed by atoms with van der Waals surface area (Å²) < 4.78 is 5.12. The molecule has 0 fully saturated rings. The maximum atomic E-state index is 12.2. The van der Waals surface area contributed by atoms with Gasteiger partial charge in [0.2, 0.25) is 0 Å². The van der Waals surface area contributed by atoms with Gasteiger partial charge in [-0.1, -0.05) is 6.07 Å². The highest BCUT2D eigenvalue weighted by Gasteiger charge is 2.25. The summed E-state index contributed by atoms with van der Waals surface area (Å²) in [6.07, 6.45) is 5.22. The molecule has 6 heteroatoms. The number of nitro benzene ring substituents is 1. The predicted octanol–water partition coefficient (Wildman–Crippen LogP) is 2.79. The highest BCUT2D eigenvalue weighted by Crippen LogP contribution is 2.31. The van der Waals surface area contributed by atoms with Crippen molar-refractivity contribution in [1.29, 1.82) is 0 Å². The second kappa shape index (κ2) is 5.24. The smallest absolute Gasteiger partial charge is 0.271 e. The van der Waals surface area contributed by atoms with E-state index in [0.717, 1.165) is 5.56 Å². The molecule has 0 unspecified atom stereocenters. The Kier molecular flexibility index (Phi) is 3.27. The van der Waals surface area contributed by atoms with E-state index in [0.29, 0.717) is 24.4 Å². The Bertz CT molecular complexity index is 719. The molecule has 0 atom stereocenters. The minimum absolute atomic E-state index is 0.0107. The van der Waals surface area contributed by atoms with E-state index in [1.165, 1.54) is 24.5 Å². The summed E-state index contributed by atoms with van der Waals surface area (Å²) >= 11 is 0. The van der Waals surface area contributed by atoms with Crippen LogP contribution < -0.4 is 4.90 Å². The lowest BCUT2D eigenvalue weighted by molar-refractivity contribution is -0.384. The average Bonchev–Trinajstić information content (AvgIpc) is 3.13. The van der Waals surface area contributed by atoms with Crippen molar-refractivity contribution in [2.75, 3.05) is 11.4 Å². The van der Waals surface area contributed by atoms with Crippen molar-refractivity contribution in [3.05, 3.63) is 64.1 Å². The van der Waals surface area contributed by atoms with E-state index in [4.69, 9.17) is 4.42 Å². The molecule has 21 heavy (non-hydrogen) atoms. The van der Waals surface area contributed by atoms with Gasteiger partial charge < -0.3 is 9.32 Å². The van der Waals surface area contributed by atoms with Crippen molar-refractivity contribution in [2.45, 2.75) is 6.42 Å². The number of hydrogen-bond donors (Lipinski definition) is 0. The highest BCUT2D eigenvalue weighted by atomic mass is 16.6. The maximum absolute atomic E-state index is 12.2. The summed E-state index contributed by atoms with van der Waals surface area (Å²) in [6.45, 7) is 0.526. The number of carbonyl (C=O) groups is 1. The third-order valence-electron chi connectivity index (χ3n) is 3.37. The zero-order valence-electron chi connectivity index (χ0n) is 11.1. The SMILES string of the molecule is O=C(/C=C/c1ccco1)N1CCc2ccc([N+](=O)[O-])cc21. The fourth-order valence-electron chi connectivity index (χ4n) is 2.34. The summed E-state index contributed by atoms with van der Waals surface area (Å²) in [6, 6.07) is 8.09. The van der Waals surface area contributed by atoms with E-state index < -0.39 is 4.92 Å². The van der Waals surface area contributed by atoms with Crippen LogP contribution in [0.25, 0.3) is 6.08 Å². The third-order valence-corrected chi connectivity index (χ3v) is 3.37. The zero-order chi connectivity index (χ0) is 14.8. The molecule has 0 saturated heterocycles. The van der Waals surface area contributed by atoms with E-state index in [9.17, 15) is 14.9 Å². The lowest BCUT2D eigenvalue weighted by Gasteiger charge is -2.14. The molecule has 106 valence electrons. The van der Waals surface area contributed by atoms with Crippen molar-refractivity contribution < 1.29 is 14.1 Å². The van der Waals surface area contributed by atoms with Gasteiger partial charge in [-0.25, -0.2) is 0 Å². The van der Waals surface area contributed by atoms with Gasteiger partial charge >= 0.3 is 0 Å². The molecule has 1 aliphatic heterocycles. The quantitative estimate of drug-likeness (QED) is 0.493. The molecule has 3 rings (SSSR count). The normalized spacial score (nSPS) is 13.6. The molecule has 0 spiro atoms. The van der Waals surface area contributed by atoms with Gasteiger partial charge in [-0.05, 0) is 30.2 Å². The summed E-state index contributed by atoms with van der Waals surface area (Å²) in [5.41, 5.74) is 1.54. The Balaban J connectivity index is 1.84. The van der Waals surface area contributed by atoms with Crippen molar-refractivity contribution in [3.63, 3.8) is 0 Å². The third kappa shape index (κ3) is 2.55. The van der Waals surface area contributed by atoms with Crippen molar-refractivity contribution in [2.24, 2.45) is 0 Å². The minimum atomic E-state index is -0.458. The number of nitrogens with zero attached hydrogens (tertiary/aromatic N) is 2. The van der Waals surface area contributed by atoms with Crippen LogP contribution in [0.1, 0.15) is 11.3 Å². The molecule has 0 bridgehead atoms. The zero-order valence-corrected chi connectivity index (χ0v) is 11.1. The Labute approximate surface area is 120 Å². The molecule has 1 aliphatic rings. The molecule has 6 nitrogen and oxygen atoms in total. The lowest BCUT2D eigenvalue weighted by atomic mass is 10.1. The van der Waals surface area contributed by atoms with Gasteiger partial charge in [0.25, 0.3) is 11.6 Å². The van der Waals surface area contributed by atoms with E-state index in [-0.39, 0.29) is 11.6 Å². The second-order valence-corrected chi connectivity index (χ2v) is 4.66. The van der Waals surface area contributed by atoms with Gasteiger partial charge in [-0.3, -0.25) is 14.9 Å². The number of nitro groups is 1. The number of amides is 1. The van der Waals surface area contributed by atoms with E-state index in [1.807, 2.05) is 0 Å². The van der Waals surface area contributed by atoms with Gasteiger partial charge in [0.15, 0.2) is 0 Å². The number of carbonyl (C=O) groups excluding carboxylic acids is 1. The molecule has 2 heterocycles. The van der Waals surface area contributed by atoms with E-state index in [1.54, 1.807) is 29.2 Å². The van der Waals surface area contributed by atoms with Crippen LogP contribution in [0.3, 0.4) is 0 Å². The molecule has 1 aromatic carbocycles. The first-order chi connectivity index (χ1) is 10.1. The number of benzene rings is 1. The van der Waals surface area contributed by atoms with Gasteiger partial charge in [0.05, 0.1) is 16.9 Å². The summed E-state index contributed by atoms with van der Waals surface area (Å²) in [7, 11) is 0. The Morgan fingerprint density at radius 2 is 2.24 bits per heavy atom. The van der Waals surface area contributed by atoms with Crippen LogP contribution in [0.5, 0.6) is 0 Å². The first kappa shape index (κ1) is 13.1. The maximum Gasteiger partial charge on any atom is 0.271 e. The Morgan fingerprint density at radius 3 is 2.95 bits per heavy atom.